The summed E-state index contributed by atoms with van der Waals surface area (Å²) in [5, 5.41) is 7.86. The van der Waals surface area contributed by atoms with Crippen molar-refractivity contribution < 1.29 is 13.2 Å². The molecule has 0 spiro atoms. The lowest BCUT2D eigenvalue weighted by Gasteiger charge is -2.32. The zero-order valence-electron chi connectivity index (χ0n) is 12.1. The minimum atomic E-state index is -3.80. The Hall–Kier alpha value is -1.44. The van der Waals surface area contributed by atoms with Crippen LogP contribution in [-0.4, -0.2) is 19.9 Å². The molecule has 1 aliphatic carbocycles. The van der Waals surface area contributed by atoms with Crippen LogP contribution in [0.15, 0.2) is 23.1 Å². The van der Waals surface area contributed by atoms with Gasteiger partial charge in [-0.25, -0.2) is 13.6 Å². The Morgan fingerprint density at radius 1 is 1.24 bits per heavy atom. The van der Waals surface area contributed by atoms with Crippen LogP contribution in [0.2, 0.25) is 0 Å². The SMILES string of the molecule is Cc1ccc(S(N)(=O)=O)cc1NC(=O)C1(N)CCCCC1. The third-order valence-electron chi connectivity index (χ3n) is 3.98. The summed E-state index contributed by atoms with van der Waals surface area (Å²) in [7, 11) is -3.80. The van der Waals surface area contributed by atoms with Crippen molar-refractivity contribution in [1.29, 1.82) is 0 Å². The average Bonchev–Trinajstić information content (AvgIpc) is 2.40. The summed E-state index contributed by atoms with van der Waals surface area (Å²) in [5.74, 6) is -0.267. The highest BCUT2D eigenvalue weighted by Crippen LogP contribution is 2.28. The van der Waals surface area contributed by atoms with Gasteiger partial charge in [0.25, 0.3) is 0 Å². The van der Waals surface area contributed by atoms with E-state index in [2.05, 4.69) is 5.32 Å². The van der Waals surface area contributed by atoms with Gasteiger partial charge in [-0.05, 0) is 37.5 Å². The van der Waals surface area contributed by atoms with Gasteiger partial charge in [-0.1, -0.05) is 25.3 Å². The number of rotatable bonds is 3. The number of carbonyl (C=O) groups is 1. The predicted octanol–water partition coefficient (Wildman–Crippen LogP) is 1.24. The van der Waals surface area contributed by atoms with Gasteiger partial charge in [0.15, 0.2) is 0 Å². The van der Waals surface area contributed by atoms with E-state index < -0.39 is 15.6 Å². The second-order valence-corrected chi connectivity index (χ2v) is 7.25. The summed E-state index contributed by atoms with van der Waals surface area (Å²) >= 11 is 0. The Labute approximate surface area is 124 Å². The number of primary sulfonamides is 1. The maximum absolute atomic E-state index is 12.4. The fourth-order valence-electron chi connectivity index (χ4n) is 2.57. The molecule has 0 radical (unpaired) electrons. The number of aryl methyl sites for hydroxylation is 1. The highest BCUT2D eigenvalue weighted by molar-refractivity contribution is 7.89. The van der Waals surface area contributed by atoms with Crippen molar-refractivity contribution in [2.45, 2.75) is 49.5 Å². The zero-order valence-corrected chi connectivity index (χ0v) is 12.9. The van der Waals surface area contributed by atoms with Gasteiger partial charge in [-0.15, -0.1) is 0 Å². The molecule has 6 nitrogen and oxygen atoms in total. The first-order valence-corrected chi connectivity index (χ1v) is 8.51. The second-order valence-electron chi connectivity index (χ2n) is 5.69. The molecule has 1 amide bonds. The van der Waals surface area contributed by atoms with E-state index in [0.717, 1.165) is 24.8 Å². The topological polar surface area (TPSA) is 115 Å². The number of nitrogens with one attached hydrogen (secondary N) is 1. The first-order valence-electron chi connectivity index (χ1n) is 6.96. The molecule has 21 heavy (non-hydrogen) atoms. The lowest BCUT2D eigenvalue weighted by atomic mass is 9.82. The lowest BCUT2D eigenvalue weighted by molar-refractivity contribution is -0.122. The first kappa shape index (κ1) is 15.9. The van der Waals surface area contributed by atoms with E-state index in [1.165, 1.54) is 12.1 Å². The number of benzene rings is 1. The Bertz CT molecular complexity index is 649. The molecule has 1 saturated carbocycles. The molecule has 116 valence electrons. The van der Waals surface area contributed by atoms with Crippen molar-refractivity contribution in [1.82, 2.24) is 0 Å². The van der Waals surface area contributed by atoms with E-state index in [9.17, 15) is 13.2 Å². The van der Waals surface area contributed by atoms with E-state index in [-0.39, 0.29) is 10.8 Å². The van der Waals surface area contributed by atoms with Crippen LogP contribution in [-0.2, 0) is 14.8 Å². The smallest absolute Gasteiger partial charge is 0.244 e. The molecule has 1 aliphatic rings. The van der Waals surface area contributed by atoms with Crippen LogP contribution < -0.4 is 16.2 Å². The Morgan fingerprint density at radius 2 is 1.86 bits per heavy atom. The Kier molecular flexibility index (Phi) is 4.36. The fraction of sp³-hybridized carbons (Fsp3) is 0.500. The molecule has 0 atom stereocenters. The molecule has 0 unspecified atom stereocenters. The molecule has 0 saturated heterocycles. The van der Waals surface area contributed by atoms with E-state index in [0.29, 0.717) is 18.5 Å². The van der Waals surface area contributed by atoms with E-state index in [1.54, 1.807) is 13.0 Å². The minimum Gasteiger partial charge on any atom is -0.324 e. The van der Waals surface area contributed by atoms with Gasteiger partial charge in [-0.3, -0.25) is 4.79 Å². The van der Waals surface area contributed by atoms with Crippen molar-refractivity contribution in [2.24, 2.45) is 10.9 Å². The van der Waals surface area contributed by atoms with Crippen molar-refractivity contribution in [3.05, 3.63) is 23.8 Å². The van der Waals surface area contributed by atoms with Crippen LogP contribution in [0.25, 0.3) is 0 Å². The standard InChI is InChI=1S/C14H21N3O3S/c1-10-5-6-11(21(16,19)20)9-12(10)17-13(18)14(15)7-3-2-4-8-14/h5-6,9H,2-4,7-8,15H2,1H3,(H,17,18)(H2,16,19,20). The molecule has 0 heterocycles. The maximum Gasteiger partial charge on any atom is 0.244 e. The minimum absolute atomic E-state index is 0.0295. The number of anilines is 1. The monoisotopic (exact) mass is 311 g/mol. The van der Waals surface area contributed by atoms with Crippen LogP contribution in [0.1, 0.15) is 37.7 Å². The molecular weight excluding hydrogens is 290 g/mol. The number of amides is 1. The third kappa shape index (κ3) is 3.61. The van der Waals surface area contributed by atoms with Crippen LogP contribution in [0, 0.1) is 6.92 Å². The molecular formula is C14H21N3O3S. The molecule has 0 aliphatic heterocycles. The molecule has 2 rings (SSSR count). The van der Waals surface area contributed by atoms with Crippen molar-refractivity contribution in [2.75, 3.05) is 5.32 Å². The number of sulfonamides is 1. The molecule has 5 N–H and O–H groups in total. The fourth-order valence-corrected chi connectivity index (χ4v) is 3.11. The van der Waals surface area contributed by atoms with Crippen LogP contribution in [0.3, 0.4) is 0 Å². The van der Waals surface area contributed by atoms with E-state index in [1.807, 2.05) is 0 Å². The number of carbonyl (C=O) groups excluding carboxylic acids is 1. The summed E-state index contributed by atoms with van der Waals surface area (Å²) in [6, 6.07) is 4.40. The molecule has 7 heteroatoms. The molecule has 0 bridgehead atoms. The van der Waals surface area contributed by atoms with Gasteiger partial charge in [0.2, 0.25) is 15.9 Å². The summed E-state index contributed by atoms with van der Waals surface area (Å²) in [6.07, 6.45) is 4.24. The van der Waals surface area contributed by atoms with Crippen molar-refractivity contribution in [3.8, 4) is 0 Å². The van der Waals surface area contributed by atoms with Gasteiger partial charge in [-0.2, -0.15) is 0 Å². The quantitative estimate of drug-likeness (QED) is 0.779. The van der Waals surface area contributed by atoms with Crippen LogP contribution >= 0.6 is 0 Å². The number of hydrogen-bond acceptors (Lipinski definition) is 4. The first-order chi connectivity index (χ1) is 9.72. The van der Waals surface area contributed by atoms with Crippen LogP contribution in [0.5, 0.6) is 0 Å². The largest absolute Gasteiger partial charge is 0.324 e. The van der Waals surface area contributed by atoms with Crippen LogP contribution in [0.4, 0.5) is 5.69 Å². The second kappa shape index (κ2) is 5.75. The Morgan fingerprint density at radius 3 is 2.43 bits per heavy atom. The summed E-state index contributed by atoms with van der Waals surface area (Å²) < 4.78 is 22.8. The molecule has 1 aromatic rings. The van der Waals surface area contributed by atoms with E-state index in [4.69, 9.17) is 10.9 Å². The van der Waals surface area contributed by atoms with E-state index >= 15 is 0 Å². The van der Waals surface area contributed by atoms with Gasteiger partial charge in [0.05, 0.1) is 10.4 Å². The lowest BCUT2D eigenvalue weighted by Crippen LogP contribution is -2.52. The number of nitrogens with two attached hydrogens (primary N) is 2. The molecule has 0 aromatic heterocycles. The number of hydrogen-bond donors (Lipinski definition) is 3. The molecule has 1 aromatic carbocycles. The highest BCUT2D eigenvalue weighted by atomic mass is 32.2. The maximum atomic E-state index is 12.4. The normalized spacial score (nSPS) is 18.2. The van der Waals surface area contributed by atoms with Crippen molar-refractivity contribution in [3.63, 3.8) is 0 Å². The van der Waals surface area contributed by atoms with Gasteiger partial charge in [0.1, 0.15) is 0 Å². The summed E-state index contributed by atoms with van der Waals surface area (Å²) in [5.41, 5.74) is 6.49. The van der Waals surface area contributed by atoms with Gasteiger partial charge < -0.3 is 11.1 Å². The highest BCUT2D eigenvalue weighted by Gasteiger charge is 2.35. The zero-order chi connectivity index (χ0) is 15.7. The average molecular weight is 311 g/mol. The summed E-state index contributed by atoms with van der Waals surface area (Å²) in [6.45, 7) is 1.78. The molecule has 1 fully saturated rings. The predicted molar refractivity (Wildman–Crippen MR) is 81.2 cm³/mol. The third-order valence-corrected chi connectivity index (χ3v) is 4.89. The van der Waals surface area contributed by atoms with Crippen molar-refractivity contribution >= 4 is 21.6 Å². The summed E-state index contributed by atoms with van der Waals surface area (Å²) in [4.78, 5) is 12.4. The van der Waals surface area contributed by atoms with Gasteiger partial charge >= 0.3 is 0 Å². The Balaban J connectivity index is 2.24. The van der Waals surface area contributed by atoms with Gasteiger partial charge in [0, 0.05) is 5.69 Å².